The lowest BCUT2D eigenvalue weighted by Gasteiger charge is -2.15. The van der Waals surface area contributed by atoms with Gasteiger partial charge in [-0.2, -0.15) is 0 Å². The van der Waals surface area contributed by atoms with Gasteiger partial charge in [-0.25, -0.2) is 0 Å². The Morgan fingerprint density at radius 1 is 1.45 bits per heavy atom. The minimum absolute atomic E-state index is 0.131. The van der Waals surface area contributed by atoms with E-state index in [0.717, 1.165) is 4.88 Å². The van der Waals surface area contributed by atoms with Gasteiger partial charge < -0.3 is 15.2 Å². The molecular formula is C14H21NO4S. The number of rotatable bonds is 7. The molecule has 1 unspecified atom stereocenters. The van der Waals surface area contributed by atoms with Crippen LogP contribution in [0.1, 0.15) is 34.8 Å². The quantitative estimate of drug-likeness (QED) is 0.811. The number of aliphatic carboxylic acids is 1. The van der Waals surface area contributed by atoms with Crippen molar-refractivity contribution in [2.24, 2.45) is 11.8 Å². The number of nitrogens with one attached hydrogen (secondary N) is 1. The number of thiophene rings is 1. The summed E-state index contributed by atoms with van der Waals surface area (Å²) in [4.78, 5) is 24.7. The second-order valence-corrected chi connectivity index (χ2v) is 6.39. The maximum atomic E-state index is 12.1. The third-order valence-corrected chi connectivity index (χ3v) is 3.89. The second-order valence-electron chi connectivity index (χ2n) is 5.13. The highest BCUT2D eigenvalue weighted by Crippen LogP contribution is 2.28. The summed E-state index contributed by atoms with van der Waals surface area (Å²) in [6, 6.07) is 1.79. The Hall–Kier alpha value is -1.56. The van der Waals surface area contributed by atoms with E-state index < -0.39 is 11.9 Å². The van der Waals surface area contributed by atoms with Crippen LogP contribution in [0.15, 0.2) is 6.07 Å². The molecule has 1 aromatic heterocycles. The summed E-state index contributed by atoms with van der Waals surface area (Å²) in [5.74, 6) is -0.929. The van der Waals surface area contributed by atoms with Crippen LogP contribution in [0.4, 0.5) is 0 Å². The first-order valence-corrected chi connectivity index (χ1v) is 7.32. The van der Waals surface area contributed by atoms with Crippen LogP contribution in [0.3, 0.4) is 0 Å². The maximum Gasteiger partial charge on any atom is 0.308 e. The van der Waals surface area contributed by atoms with Crippen molar-refractivity contribution in [3.05, 3.63) is 15.8 Å². The summed E-state index contributed by atoms with van der Waals surface area (Å²) in [7, 11) is 1.51. The monoisotopic (exact) mass is 299 g/mol. The second kappa shape index (κ2) is 7.28. The van der Waals surface area contributed by atoms with Crippen LogP contribution < -0.4 is 10.1 Å². The molecule has 1 amide bonds. The van der Waals surface area contributed by atoms with E-state index in [1.807, 2.05) is 20.8 Å². The fourth-order valence-electron chi connectivity index (χ4n) is 1.94. The average Bonchev–Trinajstić information content (AvgIpc) is 2.74. The Balaban J connectivity index is 2.67. The van der Waals surface area contributed by atoms with Gasteiger partial charge in [0.25, 0.3) is 5.91 Å². The van der Waals surface area contributed by atoms with Crippen molar-refractivity contribution in [3.8, 4) is 5.75 Å². The molecule has 1 heterocycles. The summed E-state index contributed by atoms with van der Waals surface area (Å²) >= 11 is 1.34. The zero-order valence-electron chi connectivity index (χ0n) is 12.2. The van der Waals surface area contributed by atoms with Gasteiger partial charge in [0.05, 0.1) is 13.0 Å². The van der Waals surface area contributed by atoms with Crippen LogP contribution in [0.25, 0.3) is 0 Å². The number of hydrogen-bond donors (Lipinski definition) is 2. The number of hydrogen-bond acceptors (Lipinski definition) is 4. The number of ether oxygens (including phenoxy) is 1. The van der Waals surface area contributed by atoms with Gasteiger partial charge in [0.2, 0.25) is 0 Å². The summed E-state index contributed by atoms with van der Waals surface area (Å²) in [5, 5.41) is 11.8. The molecule has 0 bridgehead atoms. The van der Waals surface area contributed by atoms with Crippen molar-refractivity contribution in [2.45, 2.75) is 27.2 Å². The molecule has 1 rings (SSSR count). The van der Waals surface area contributed by atoms with E-state index in [0.29, 0.717) is 17.0 Å². The third-order valence-electron chi connectivity index (χ3n) is 2.86. The summed E-state index contributed by atoms with van der Waals surface area (Å²) in [5.41, 5.74) is 0. The van der Waals surface area contributed by atoms with Crippen molar-refractivity contribution in [1.29, 1.82) is 0 Å². The van der Waals surface area contributed by atoms with E-state index in [2.05, 4.69) is 5.32 Å². The lowest BCUT2D eigenvalue weighted by molar-refractivity contribution is -0.142. The molecule has 0 aromatic carbocycles. The lowest BCUT2D eigenvalue weighted by Crippen LogP contribution is -2.33. The predicted molar refractivity (Wildman–Crippen MR) is 78.5 cm³/mol. The molecule has 0 fully saturated rings. The van der Waals surface area contributed by atoms with Crippen LogP contribution in [0.5, 0.6) is 5.75 Å². The van der Waals surface area contributed by atoms with E-state index in [4.69, 9.17) is 9.84 Å². The minimum atomic E-state index is -0.881. The van der Waals surface area contributed by atoms with E-state index in [1.54, 1.807) is 6.07 Å². The third kappa shape index (κ3) is 4.52. The molecule has 0 aliphatic heterocycles. The molecule has 6 heteroatoms. The van der Waals surface area contributed by atoms with Gasteiger partial charge in [-0.05, 0) is 25.3 Å². The van der Waals surface area contributed by atoms with Gasteiger partial charge >= 0.3 is 5.97 Å². The van der Waals surface area contributed by atoms with Crippen molar-refractivity contribution < 1.29 is 19.4 Å². The van der Waals surface area contributed by atoms with E-state index in [-0.39, 0.29) is 18.4 Å². The van der Waals surface area contributed by atoms with Crippen LogP contribution in [0, 0.1) is 18.8 Å². The molecule has 0 radical (unpaired) electrons. The van der Waals surface area contributed by atoms with Crippen molar-refractivity contribution in [3.63, 3.8) is 0 Å². The molecule has 0 saturated carbocycles. The highest BCUT2D eigenvalue weighted by molar-refractivity contribution is 7.14. The van der Waals surface area contributed by atoms with Crippen LogP contribution in [-0.2, 0) is 4.79 Å². The van der Waals surface area contributed by atoms with Gasteiger partial charge in [-0.1, -0.05) is 13.8 Å². The molecule has 5 nitrogen and oxygen atoms in total. The fraction of sp³-hybridized carbons (Fsp3) is 0.571. The molecule has 0 saturated heterocycles. The minimum Gasteiger partial charge on any atom is -0.495 e. The Labute approximate surface area is 123 Å². The van der Waals surface area contributed by atoms with Gasteiger partial charge in [0.15, 0.2) is 0 Å². The van der Waals surface area contributed by atoms with Gasteiger partial charge in [0, 0.05) is 11.4 Å². The van der Waals surface area contributed by atoms with E-state index in [1.165, 1.54) is 18.4 Å². The van der Waals surface area contributed by atoms with E-state index >= 15 is 0 Å². The van der Waals surface area contributed by atoms with Crippen LogP contribution >= 0.6 is 11.3 Å². The number of aryl methyl sites for hydroxylation is 1. The van der Waals surface area contributed by atoms with Crippen molar-refractivity contribution in [1.82, 2.24) is 5.32 Å². The number of methoxy groups -OCH3 is 1. The first kappa shape index (κ1) is 16.5. The van der Waals surface area contributed by atoms with Crippen molar-refractivity contribution in [2.75, 3.05) is 13.7 Å². The van der Waals surface area contributed by atoms with Gasteiger partial charge in [0.1, 0.15) is 10.6 Å². The highest BCUT2D eigenvalue weighted by atomic mass is 32.1. The van der Waals surface area contributed by atoms with Crippen LogP contribution in [-0.4, -0.2) is 30.6 Å². The zero-order valence-corrected chi connectivity index (χ0v) is 13.0. The van der Waals surface area contributed by atoms with Gasteiger partial charge in [-0.15, -0.1) is 11.3 Å². The number of carboxylic acids is 1. The number of carboxylic acid groups (broad SMARTS) is 1. The molecule has 1 atom stereocenters. The Kier molecular flexibility index (Phi) is 6.01. The first-order chi connectivity index (χ1) is 9.35. The molecule has 112 valence electrons. The maximum absolute atomic E-state index is 12.1. The van der Waals surface area contributed by atoms with Gasteiger partial charge in [-0.3, -0.25) is 9.59 Å². The van der Waals surface area contributed by atoms with Crippen LogP contribution in [0.2, 0.25) is 0 Å². The molecule has 2 N–H and O–H groups in total. The normalized spacial score (nSPS) is 12.2. The SMILES string of the molecule is COc1cc(C)sc1C(=O)NCC(CC(C)C)C(=O)O. The standard InChI is InChI=1S/C14H21NO4S/c1-8(2)5-10(14(17)18)7-15-13(16)12-11(19-4)6-9(3)20-12/h6,8,10H,5,7H2,1-4H3,(H,15,16)(H,17,18). The predicted octanol–water partition coefficient (Wildman–Crippen LogP) is 2.54. The molecule has 0 aliphatic carbocycles. The van der Waals surface area contributed by atoms with Crippen molar-refractivity contribution >= 4 is 23.2 Å². The summed E-state index contributed by atoms with van der Waals surface area (Å²) in [6.45, 7) is 5.95. The highest BCUT2D eigenvalue weighted by Gasteiger charge is 2.22. The smallest absolute Gasteiger partial charge is 0.308 e. The lowest BCUT2D eigenvalue weighted by atomic mass is 9.97. The number of carbonyl (C=O) groups is 2. The zero-order chi connectivity index (χ0) is 15.3. The molecule has 20 heavy (non-hydrogen) atoms. The fourth-order valence-corrected chi connectivity index (χ4v) is 2.83. The number of carbonyl (C=O) groups excluding carboxylic acids is 1. The summed E-state index contributed by atoms with van der Waals surface area (Å²) in [6.07, 6.45) is 0.538. The molecular weight excluding hydrogens is 278 g/mol. The Bertz CT molecular complexity index is 482. The average molecular weight is 299 g/mol. The molecule has 0 spiro atoms. The topological polar surface area (TPSA) is 75.6 Å². The largest absolute Gasteiger partial charge is 0.495 e. The Morgan fingerprint density at radius 3 is 2.60 bits per heavy atom. The molecule has 1 aromatic rings. The molecule has 0 aliphatic rings. The summed E-state index contributed by atoms with van der Waals surface area (Å²) < 4.78 is 5.14. The number of amides is 1. The Morgan fingerprint density at radius 2 is 2.10 bits per heavy atom. The van der Waals surface area contributed by atoms with E-state index in [9.17, 15) is 9.59 Å². The first-order valence-electron chi connectivity index (χ1n) is 6.50.